The van der Waals surface area contributed by atoms with Crippen molar-refractivity contribution in [1.29, 1.82) is 0 Å². The molecule has 0 saturated carbocycles. The van der Waals surface area contributed by atoms with E-state index in [4.69, 9.17) is 16.3 Å². The van der Waals surface area contributed by atoms with Crippen LogP contribution in [0.4, 0.5) is 0 Å². The molecule has 114 valence electrons. The first-order valence-electron chi connectivity index (χ1n) is 6.74. The van der Waals surface area contributed by atoms with Crippen LogP contribution in [-0.2, 0) is 16.4 Å². The van der Waals surface area contributed by atoms with E-state index in [2.05, 4.69) is 0 Å². The number of ether oxygens (including phenoxy) is 1. The molecule has 0 radical (unpaired) electrons. The molecular weight excluding hydrogens is 298 g/mol. The topological polar surface area (TPSA) is 46.6 Å². The van der Waals surface area contributed by atoms with Crippen LogP contribution in [0.15, 0.2) is 23.1 Å². The number of alkyl halides is 1. The van der Waals surface area contributed by atoms with Gasteiger partial charge in [0.25, 0.3) is 0 Å². The fourth-order valence-electron chi connectivity index (χ4n) is 2.07. The van der Waals surface area contributed by atoms with Gasteiger partial charge in [-0.15, -0.1) is 11.6 Å². The smallest absolute Gasteiger partial charge is 0.243 e. The second-order valence-electron chi connectivity index (χ2n) is 4.41. The van der Waals surface area contributed by atoms with Gasteiger partial charge in [0.2, 0.25) is 10.0 Å². The summed E-state index contributed by atoms with van der Waals surface area (Å²) in [4.78, 5) is 0.328. The summed E-state index contributed by atoms with van der Waals surface area (Å²) in [6.07, 6.45) is 1.28. The van der Waals surface area contributed by atoms with Crippen molar-refractivity contribution in [3.8, 4) is 5.75 Å². The van der Waals surface area contributed by atoms with Crippen molar-refractivity contribution in [2.24, 2.45) is 0 Å². The van der Waals surface area contributed by atoms with Gasteiger partial charge in [-0.3, -0.25) is 0 Å². The summed E-state index contributed by atoms with van der Waals surface area (Å²) in [5.74, 6) is 1.01. The number of benzene rings is 1. The Morgan fingerprint density at radius 2 is 2.00 bits per heavy atom. The predicted molar refractivity (Wildman–Crippen MR) is 82.1 cm³/mol. The molecule has 0 aliphatic heterocycles. The van der Waals surface area contributed by atoms with E-state index < -0.39 is 10.0 Å². The molecule has 1 rings (SSSR count). The minimum absolute atomic E-state index is 0.328. The van der Waals surface area contributed by atoms with Crippen molar-refractivity contribution < 1.29 is 13.2 Å². The standard InChI is InChI=1S/C14H22ClNO3S/c1-4-10-16(5-2)20(17,18)14-7-6-13(19-3)11-12(14)8-9-15/h6-7,11H,4-5,8-10H2,1-3H3. The summed E-state index contributed by atoms with van der Waals surface area (Å²) in [6, 6.07) is 5.02. The van der Waals surface area contributed by atoms with E-state index in [0.29, 0.717) is 41.6 Å². The zero-order valence-corrected chi connectivity index (χ0v) is 13.8. The van der Waals surface area contributed by atoms with Crippen LogP contribution in [0.1, 0.15) is 25.8 Å². The molecule has 1 aromatic rings. The van der Waals surface area contributed by atoms with Crippen LogP contribution in [0, 0.1) is 0 Å². The van der Waals surface area contributed by atoms with Crippen LogP contribution in [0.3, 0.4) is 0 Å². The highest BCUT2D eigenvalue weighted by Gasteiger charge is 2.25. The second kappa shape index (κ2) is 7.86. The SMILES string of the molecule is CCCN(CC)S(=O)(=O)c1ccc(OC)cc1CCCl. The van der Waals surface area contributed by atoms with E-state index in [1.54, 1.807) is 25.3 Å². The summed E-state index contributed by atoms with van der Waals surface area (Å²) in [6.45, 7) is 4.79. The van der Waals surface area contributed by atoms with E-state index in [1.165, 1.54) is 4.31 Å². The molecule has 4 nitrogen and oxygen atoms in total. The zero-order valence-electron chi connectivity index (χ0n) is 12.2. The van der Waals surface area contributed by atoms with E-state index in [-0.39, 0.29) is 0 Å². The molecule has 0 atom stereocenters. The largest absolute Gasteiger partial charge is 0.497 e. The third-order valence-corrected chi connectivity index (χ3v) is 5.34. The van der Waals surface area contributed by atoms with Gasteiger partial charge in [-0.05, 0) is 36.6 Å². The molecule has 0 N–H and O–H groups in total. The number of hydrogen-bond acceptors (Lipinski definition) is 3. The van der Waals surface area contributed by atoms with Crippen LogP contribution in [0.25, 0.3) is 0 Å². The molecule has 0 amide bonds. The van der Waals surface area contributed by atoms with E-state index in [1.807, 2.05) is 13.8 Å². The average molecular weight is 320 g/mol. The van der Waals surface area contributed by atoms with Gasteiger partial charge in [-0.2, -0.15) is 4.31 Å². The van der Waals surface area contributed by atoms with E-state index in [0.717, 1.165) is 6.42 Å². The van der Waals surface area contributed by atoms with E-state index in [9.17, 15) is 8.42 Å². The molecule has 1 aromatic carbocycles. The van der Waals surface area contributed by atoms with Crippen molar-refractivity contribution in [3.05, 3.63) is 23.8 Å². The van der Waals surface area contributed by atoms with Gasteiger partial charge in [0.15, 0.2) is 0 Å². The normalized spacial score (nSPS) is 11.8. The van der Waals surface area contributed by atoms with Gasteiger partial charge in [0.1, 0.15) is 5.75 Å². The van der Waals surface area contributed by atoms with Crippen LogP contribution in [-0.4, -0.2) is 38.8 Å². The maximum absolute atomic E-state index is 12.7. The molecule has 20 heavy (non-hydrogen) atoms. The van der Waals surface area contributed by atoms with Crippen molar-refractivity contribution in [1.82, 2.24) is 4.31 Å². The Labute approximate surface area is 126 Å². The first-order chi connectivity index (χ1) is 9.51. The average Bonchev–Trinajstić information content (AvgIpc) is 2.44. The summed E-state index contributed by atoms with van der Waals surface area (Å²) < 4.78 is 32.0. The Morgan fingerprint density at radius 1 is 1.30 bits per heavy atom. The third-order valence-electron chi connectivity index (χ3n) is 3.08. The highest BCUT2D eigenvalue weighted by Crippen LogP contribution is 2.25. The molecule has 0 unspecified atom stereocenters. The Morgan fingerprint density at radius 3 is 2.50 bits per heavy atom. The van der Waals surface area contributed by atoms with E-state index >= 15 is 0 Å². The van der Waals surface area contributed by atoms with Gasteiger partial charge < -0.3 is 4.74 Å². The van der Waals surface area contributed by atoms with Crippen molar-refractivity contribution in [3.63, 3.8) is 0 Å². The lowest BCUT2D eigenvalue weighted by Gasteiger charge is -2.21. The maximum atomic E-state index is 12.7. The number of halogens is 1. The van der Waals surface area contributed by atoms with Gasteiger partial charge >= 0.3 is 0 Å². The predicted octanol–water partition coefficient (Wildman–Crippen LogP) is 2.90. The van der Waals surface area contributed by atoms with Crippen LogP contribution < -0.4 is 4.74 Å². The highest BCUT2D eigenvalue weighted by molar-refractivity contribution is 7.89. The fourth-order valence-corrected chi connectivity index (χ4v) is 4.05. The summed E-state index contributed by atoms with van der Waals surface area (Å²) >= 11 is 5.78. The van der Waals surface area contributed by atoms with Crippen molar-refractivity contribution in [2.75, 3.05) is 26.1 Å². The molecule has 0 spiro atoms. The lowest BCUT2D eigenvalue weighted by molar-refractivity contribution is 0.412. The Bertz CT molecular complexity index is 531. The lowest BCUT2D eigenvalue weighted by Crippen LogP contribution is -2.32. The molecule has 0 aromatic heterocycles. The minimum atomic E-state index is -3.47. The Balaban J connectivity index is 3.28. The van der Waals surface area contributed by atoms with Gasteiger partial charge in [-0.25, -0.2) is 8.42 Å². The number of nitrogens with zero attached hydrogens (tertiary/aromatic N) is 1. The number of methoxy groups -OCH3 is 1. The zero-order chi connectivity index (χ0) is 15.2. The highest BCUT2D eigenvalue weighted by atomic mass is 35.5. The summed E-state index contributed by atoms with van der Waals surface area (Å²) in [5, 5.41) is 0. The molecule has 0 fully saturated rings. The lowest BCUT2D eigenvalue weighted by atomic mass is 10.1. The summed E-state index contributed by atoms with van der Waals surface area (Å²) in [5.41, 5.74) is 0.703. The molecular formula is C14H22ClNO3S. The number of hydrogen-bond donors (Lipinski definition) is 0. The number of aryl methyl sites for hydroxylation is 1. The quantitative estimate of drug-likeness (QED) is 0.692. The van der Waals surface area contributed by atoms with Crippen molar-refractivity contribution >= 4 is 21.6 Å². The Hall–Kier alpha value is -0.780. The summed E-state index contributed by atoms with van der Waals surface area (Å²) in [7, 11) is -1.91. The fraction of sp³-hybridized carbons (Fsp3) is 0.571. The molecule has 0 bridgehead atoms. The monoisotopic (exact) mass is 319 g/mol. The van der Waals surface area contributed by atoms with Crippen molar-refractivity contribution in [2.45, 2.75) is 31.6 Å². The first-order valence-corrected chi connectivity index (χ1v) is 8.71. The van der Waals surface area contributed by atoms with Gasteiger partial charge in [0, 0.05) is 19.0 Å². The molecule has 0 heterocycles. The second-order valence-corrected chi connectivity index (χ2v) is 6.69. The van der Waals surface area contributed by atoms with Crippen LogP contribution in [0.2, 0.25) is 0 Å². The number of rotatable bonds is 8. The Kier molecular flexibility index (Phi) is 6.79. The maximum Gasteiger partial charge on any atom is 0.243 e. The molecule has 0 saturated heterocycles. The van der Waals surface area contributed by atoms with Gasteiger partial charge in [0.05, 0.1) is 12.0 Å². The first kappa shape index (κ1) is 17.3. The van der Waals surface area contributed by atoms with Crippen LogP contribution in [0.5, 0.6) is 5.75 Å². The number of sulfonamides is 1. The third kappa shape index (κ3) is 3.87. The molecule has 0 aliphatic rings. The molecule has 6 heteroatoms. The minimum Gasteiger partial charge on any atom is -0.497 e. The van der Waals surface area contributed by atoms with Gasteiger partial charge in [-0.1, -0.05) is 13.8 Å². The molecule has 0 aliphatic carbocycles. The van der Waals surface area contributed by atoms with Crippen LogP contribution >= 0.6 is 11.6 Å².